The summed E-state index contributed by atoms with van der Waals surface area (Å²) in [6, 6.07) is 3.50. The molecule has 0 saturated carbocycles. The first kappa shape index (κ1) is 14.6. The first-order valence-corrected chi connectivity index (χ1v) is 8.23. The molecule has 0 aliphatic rings. The highest BCUT2D eigenvalue weighted by molar-refractivity contribution is 14.1. The Bertz CT molecular complexity index is 847. The van der Waals surface area contributed by atoms with Gasteiger partial charge in [0.15, 0.2) is 17.4 Å². The summed E-state index contributed by atoms with van der Waals surface area (Å²) in [5.41, 5.74) is 2.38. The largest absolute Gasteiger partial charge is 0.493 e. The van der Waals surface area contributed by atoms with Crippen molar-refractivity contribution in [3.63, 3.8) is 0 Å². The molecule has 0 spiro atoms. The van der Waals surface area contributed by atoms with Crippen LogP contribution in [0.15, 0.2) is 17.5 Å². The molecule has 3 nitrogen and oxygen atoms in total. The van der Waals surface area contributed by atoms with Gasteiger partial charge in [0, 0.05) is 5.39 Å². The normalized spacial score (nSPS) is 11.1. The highest BCUT2D eigenvalue weighted by Crippen LogP contribution is 2.33. The van der Waals surface area contributed by atoms with E-state index in [1.807, 2.05) is 41.8 Å². The number of aryl methyl sites for hydroxylation is 2. The topological polar surface area (TPSA) is 35.0 Å². The lowest BCUT2D eigenvalue weighted by molar-refractivity contribution is 0.384. The van der Waals surface area contributed by atoms with Gasteiger partial charge < -0.3 is 4.74 Å². The number of nitrogens with zero attached hydrogens (tertiary/aromatic N) is 2. The minimum absolute atomic E-state index is 0.233. The van der Waals surface area contributed by atoms with Gasteiger partial charge in [-0.05, 0) is 59.5 Å². The van der Waals surface area contributed by atoms with E-state index in [-0.39, 0.29) is 5.75 Å². The molecule has 2 heterocycles. The summed E-state index contributed by atoms with van der Waals surface area (Å²) in [7, 11) is 1.46. The van der Waals surface area contributed by atoms with Crippen molar-refractivity contribution in [2.45, 2.75) is 13.8 Å². The Labute approximate surface area is 139 Å². The van der Waals surface area contributed by atoms with E-state index >= 15 is 0 Å². The zero-order chi connectivity index (χ0) is 15.1. The number of thiophene rings is 1. The summed E-state index contributed by atoms with van der Waals surface area (Å²) in [5, 5.41) is 3.10. The Morgan fingerprint density at radius 3 is 2.71 bits per heavy atom. The molecule has 0 unspecified atom stereocenters. The van der Waals surface area contributed by atoms with Crippen LogP contribution in [-0.2, 0) is 0 Å². The lowest BCUT2D eigenvalue weighted by atomic mass is 10.1. The fourth-order valence-electron chi connectivity index (χ4n) is 2.30. The number of ether oxygens (including phenoxy) is 1. The number of methoxy groups -OCH3 is 1. The van der Waals surface area contributed by atoms with Crippen LogP contribution < -0.4 is 4.74 Å². The molecule has 3 rings (SSSR count). The Morgan fingerprint density at radius 2 is 2.00 bits per heavy atom. The van der Waals surface area contributed by atoms with Crippen molar-refractivity contribution >= 4 is 44.1 Å². The summed E-state index contributed by atoms with van der Waals surface area (Å²) in [6.45, 7) is 3.96. The summed E-state index contributed by atoms with van der Waals surface area (Å²) >= 11 is 3.59. The van der Waals surface area contributed by atoms with E-state index in [1.165, 1.54) is 7.11 Å². The van der Waals surface area contributed by atoms with Crippen LogP contribution in [0.1, 0.15) is 11.3 Å². The smallest absolute Gasteiger partial charge is 0.177 e. The summed E-state index contributed by atoms with van der Waals surface area (Å²) < 4.78 is 20.4. The first-order valence-electron chi connectivity index (χ1n) is 6.27. The third-order valence-corrected chi connectivity index (χ3v) is 5.13. The molecule has 0 aliphatic carbocycles. The zero-order valence-electron chi connectivity index (χ0n) is 11.7. The van der Waals surface area contributed by atoms with Crippen LogP contribution >= 0.6 is 33.9 Å². The third-order valence-electron chi connectivity index (χ3n) is 3.29. The minimum atomic E-state index is -0.420. The number of hydrogen-bond donors (Lipinski definition) is 0. The van der Waals surface area contributed by atoms with Crippen molar-refractivity contribution in [1.29, 1.82) is 0 Å². The van der Waals surface area contributed by atoms with Gasteiger partial charge in [-0.15, -0.1) is 11.3 Å². The number of hydrogen-bond acceptors (Lipinski definition) is 4. The van der Waals surface area contributed by atoms with Crippen LogP contribution in [0, 0.1) is 23.2 Å². The Balaban J connectivity index is 2.26. The van der Waals surface area contributed by atoms with E-state index in [1.54, 1.807) is 23.5 Å². The Kier molecular flexibility index (Phi) is 3.83. The highest BCUT2D eigenvalue weighted by atomic mass is 127. The maximum absolute atomic E-state index is 14.6. The van der Waals surface area contributed by atoms with Crippen molar-refractivity contribution in [2.75, 3.05) is 7.11 Å². The molecule has 1 aromatic carbocycles. The molecule has 0 atom stereocenters. The van der Waals surface area contributed by atoms with Gasteiger partial charge in [0.25, 0.3) is 0 Å². The molecule has 0 bridgehead atoms. The van der Waals surface area contributed by atoms with E-state index < -0.39 is 5.82 Å². The van der Waals surface area contributed by atoms with E-state index in [4.69, 9.17) is 4.74 Å². The fraction of sp³-hybridized carbons (Fsp3) is 0.200. The quantitative estimate of drug-likeness (QED) is 0.569. The van der Waals surface area contributed by atoms with Gasteiger partial charge in [-0.1, -0.05) is 0 Å². The van der Waals surface area contributed by atoms with E-state index in [2.05, 4.69) is 9.97 Å². The van der Waals surface area contributed by atoms with Crippen molar-refractivity contribution in [1.82, 2.24) is 9.97 Å². The standard InChI is InChI=1S/C15H12FIN2OS/c1-7-6-21-15-11(7)8(2)18-14(19-15)9-4-5-10(17)13(20-3)12(9)16/h4-6H,1-3H3. The number of halogens is 2. The van der Waals surface area contributed by atoms with E-state index in [0.717, 1.165) is 25.0 Å². The van der Waals surface area contributed by atoms with Gasteiger partial charge in [-0.2, -0.15) is 0 Å². The summed E-state index contributed by atoms with van der Waals surface area (Å²) in [6.07, 6.45) is 0. The second-order valence-corrected chi connectivity index (χ2v) is 6.69. The van der Waals surface area contributed by atoms with Crippen molar-refractivity contribution in [3.05, 3.63) is 38.2 Å². The maximum Gasteiger partial charge on any atom is 0.177 e. The van der Waals surface area contributed by atoms with Gasteiger partial charge in [0.05, 0.1) is 21.9 Å². The number of aromatic nitrogens is 2. The molecular formula is C15H12FIN2OS. The van der Waals surface area contributed by atoms with Crippen LogP contribution in [0.5, 0.6) is 5.75 Å². The molecule has 108 valence electrons. The first-order chi connectivity index (χ1) is 10.0. The molecule has 6 heteroatoms. The molecule has 21 heavy (non-hydrogen) atoms. The monoisotopic (exact) mass is 414 g/mol. The van der Waals surface area contributed by atoms with E-state index in [9.17, 15) is 4.39 Å². The molecule has 0 fully saturated rings. The average molecular weight is 414 g/mol. The number of rotatable bonds is 2. The molecule has 0 amide bonds. The van der Waals surface area contributed by atoms with Gasteiger partial charge in [0.1, 0.15) is 4.83 Å². The second-order valence-electron chi connectivity index (χ2n) is 4.67. The van der Waals surface area contributed by atoms with Gasteiger partial charge >= 0.3 is 0 Å². The van der Waals surface area contributed by atoms with Crippen molar-refractivity contribution in [3.8, 4) is 17.1 Å². The second kappa shape index (κ2) is 5.49. The molecule has 3 aromatic rings. The predicted molar refractivity (Wildman–Crippen MR) is 91.6 cm³/mol. The SMILES string of the molecule is COc1c(I)ccc(-c2nc(C)c3c(C)csc3n2)c1F. The van der Waals surface area contributed by atoms with Crippen LogP contribution in [0.2, 0.25) is 0 Å². The lowest BCUT2D eigenvalue weighted by Gasteiger charge is -2.09. The minimum Gasteiger partial charge on any atom is -0.493 e. The van der Waals surface area contributed by atoms with Crippen molar-refractivity contribution in [2.24, 2.45) is 0 Å². The zero-order valence-corrected chi connectivity index (χ0v) is 14.7. The predicted octanol–water partition coefficient (Wildman–Crippen LogP) is 4.73. The molecular weight excluding hydrogens is 402 g/mol. The van der Waals surface area contributed by atoms with Crippen LogP contribution in [0.3, 0.4) is 0 Å². The summed E-state index contributed by atoms with van der Waals surface area (Å²) in [4.78, 5) is 9.85. The van der Waals surface area contributed by atoms with Gasteiger partial charge in [-0.3, -0.25) is 0 Å². The highest BCUT2D eigenvalue weighted by Gasteiger charge is 2.18. The average Bonchev–Trinajstić information content (AvgIpc) is 2.81. The van der Waals surface area contributed by atoms with Crippen LogP contribution in [0.25, 0.3) is 21.6 Å². The number of fused-ring (bicyclic) bond motifs is 1. The van der Waals surface area contributed by atoms with Crippen molar-refractivity contribution < 1.29 is 9.13 Å². The summed E-state index contributed by atoms with van der Waals surface area (Å²) in [5.74, 6) is 0.210. The number of benzene rings is 1. The Morgan fingerprint density at radius 1 is 1.24 bits per heavy atom. The van der Waals surface area contributed by atoms with Crippen LogP contribution in [0.4, 0.5) is 4.39 Å². The van der Waals surface area contributed by atoms with Gasteiger partial charge in [-0.25, -0.2) is 14.4 Å². The molecule has 0 saturated heterocycles. The third kappa shape index (κ3) is 2.40. The van der Waals surface area contributed by atoms with Gasteiger partial charge in [0.2, 0.25) is 0 Å². The van der Waals surface area contributed by atoms with E-state index in [0.29, 0.717) is 11.4 Å². The molecule has 2 aromatic heterocycles. The molecule has 0 N–H and O–H groups in total. The molecule has 0 radical (unpaired) electrons. The maximum atomic E-state index is 14.6. The van der Waals surface area contributed by atoms with Crippen LogP contribution in [-0.4, -0.2) is 17.1 Å². The lowest BCUT2D eigenvalue weighted by Crippen LogP contribution is -1.99. The molecule has 0 aliphatic heterocycles. The fourth-order valence-corrected chi connectivity index (χ4v) is 3.91. The Hall–Kier alpha value is -1.28.